The molecule has 3 aromatic carbocycles. The lowest BCUT2D eigenvalue weighted by atomic mass is 9.81. The predicted molar refractivity (Wildman–Crippen MR) is 131 cm³/mol. The van der Waals surface area contributed by atoms with Crippen LogP contribution in [0.1, 0.15) is 17.0 Å². The Labute approximate surface area is 198 Å². The van der Waals surface area contributed by atoms with Gasteiger partial charge in [0.15, 0.2) is 0 Å². The number of hydrogen-bond acceptors (Lipinski definition) is 7. The molecule has 1 aliphatic rings. The Morgan fingerprint density at radius 2 is 1.50 bits per heavy atom. The summed E-state index contributed by atoms with van der Waals surface area (Å²) in [5.74, 6) is 1.03. The zero-order chi connectivity index (χ0) is 24.1. The molecule has 7 heteroatoms. The number of para-hydroxylation sites is 1. The van der Waals surface area contributed by atoms with Crippen LogP contribution in [0.15, 0.2) is 101 Å². The van der Waals surface area contributed by atoms with Crippen molar-refractivity contribution in [1.82, 2.24) is 0 Å². The van der Waals surface area contributed by atoms with Gasteiger partial charge in [0.2, 0.25) is 11.8 Å². The van der Waals surface area contributed by atoms with E-state index in [1.165, 1.54) is 0 Å². The Bertz CT molecular complexity index is 1300. The summed E-state index contributed by atoms with van der Waals surface area (Å²) in [6.45, 7) is 0. The zero-order valence-electron chi connectivity index (χ0n) is 18.9. The van der Waals surface area contributed by atoms with E-state index in [1.54, 1.807) is 14.2 Å². The van der Waals surface area contributed by atoms with Crippen LogP contribution in [0.25, 0.3) is 5.70 Å². The van der Waals surface area contributed by atoms with Crippen LogP contribution in [0.2, 0.25) is 0 Å². The molecule has 170 valence electrons. The largest absolute Gasteiger partial charge is 0.497 e. The van der Waals surface area contributed by atoms with E-state index in [0.717, 1.165) is 11.1 Å². The highest BCUT2D eigenvalue weighted by molar-refractivity contribution is 6.05. The van der Waals surface area contributed by atoms with Gasteiger partial charge in [-0.25, -0.2) is 4.99 Å². The first-order valence-electron chi connectivity index (χ1n) is 10.6. The minimum Gasteiger partial charge on any atom is -0.497 e. The number of nitrogens with two attached hydrogens (primary N) is 2. The number of nitrogens with zero attached hydrogens (tertiary/aromatic N) is 2. The molecule has 0 bridgehead atoms. The van der Waals surface area contributed by atoms with Crippen LogP contribution in [0.4, 0.5) is 5.69 Å². The minimum absolute atomic E-state index is 0.00993. The van der Waals surface area contributed by atoms with Gasteiger partial charge >= 0.3 is 0 Å². The van der Waals surface area contributed by atoms with Crippen molar-refractivity contribution >= 4 is 17.3 Å². The smallest absolute Gasteiger partial charge is 0.228 e. The van der Waals surface area contributed by atoms with Crippen LogP contribution >= 0.6 is 0 Å². The average molecular weight is 453 g/mol. The number of ether oxygens (including phenoxy) is 3. The monoisotopic (exact) mass is 452 g/mol. The van der Waals surface area contributed by atoms with Crippen molar-refractivity contribution in [3.8, 4) is 17.6 Å². The Hall–Kier alpha value is -4.70. The van der Waals surface area contributed by atoms with Gasteiger partial charge in [0.1, 0.15) is 23.1 Å². The lowest BCUT2D eigenvalue weighted by Crippen LogP contribution is -2.29. The second-order valence-electron chi connectivity index (χ2n) is 7.51. The summed E-state index contributed by atoms with van der Waals surface area (Å²) in [4.78, 5) is 4.69. The van der Waals surface area contributed by atoms with Crippen molar-refractivity contribution in [1.29, 1.82) is 5.26 Å². The van der Waals surface area contributed by atoms with Gasteiger partial charge in [0, 0.05) is 5.70 Å². The second kappa shape index (κ2) is 9.84. The first-order valence-corrected chi connectivity index (χ1v) is 10.6. The molecule has 0 radical (unpaired) electrons. The number of benzene rings is 3. The maximum Gasteiger partial charge on any atom is 0.228 e. The fourth-order valence-corrected chi connectivity index (χ4v) is 3.77. The van der Waals surface area contributed by atoms with Crippen molar-refractivity contribution in [3.63, 3.8) is 0 Å². The zero-order valence-corrected chi connectivity index (χ0v) is 18.9. The first-order chi connectivity index (χ1) is 16.5. The maximum atomic E-state index is 10.00. The van der Waals surface area contributed by atoms with E-state index in [2.05, 4.69) is 6.07 Å². The van der Waals surface area contributed by atoms with Crippen LogP contribution in [-0.2, 0) is 4.74 Å². The van der Waals surface area contributed by atoms with E-state index in [0.29, 0.717) is 28.5 Å². The van der Waals surface area contributed by atoms with E-state index in [9.17, 15) is 5.26 Å². The number of allylic oxidation sites excluding steroid dienone is 1. The third kappa shape index (κ3) is 4.43. The Kier molecular flexibility index (Phi) is 6.51. The highest BCUT2D eigenvalue weighted by Gasteiger charge is 2.36. The van der Waals surface area contributed by atoms with E-state index in [1.807, 2.05) is 78.9 Å². The molecular weight excluding hydrogens is 428 g/mol. The molecule has 0 saturated heterocycles. The maximum absolute atomic E-state index is 10.00. The lowest BCUT2D eigenvalue weighted by molar-refractivity contribution is 0.388. The molecule has 1 heterocycles. The van der Waals surface area contributed by atoms with Crippen molar-refractivity contribution in [3.05, 3.63) is 107 Å². The molecule has 7 nitrogen and oxygen atoms in total. The molecule has 1 aliphatic heterocycles. The van der Waals surface area contributed by atoms with Gasteiger partial charge < -0.3 is 25.7 Å². The summed E-state index contributed by atoms with van der Waals surface area (Å²) in [5, 5.41) is 10.00. The van der Waals surface area contributed by atoms with Gasteiger partial charge in [-0.3, -0.25) is 0 Å². The summed E-state index contributed by atoms with van der Waals surface area (Å²) >= 11 is 0. The van der Waals surface area contributed by atoms with Gasteiger partial charge in [0.05, 0.1) is 31.4 Å². The molecule has 0 aliphatic carbocycles. The average Bonchev–Trinajstić information content (AvgIpc) is 2.88. The number of nitriles is 1. The van der Waals surface area contributed by atoms with Crippen molar-refractivity contribution < 1.29 is 14.2 Å². The minimum atomic E-state index is -0.589. The van der Waals surface area contributed by atoms with Crippen LogP contribution in [-0.4, -0.2) is 20.1 Å². The Balaban J connectivity index is 1.98. The molecule has 0 amide bonds. The Morgan fingerprint density at radius 3 is 2.06 bits per heavy atom. The number of hydrogen-bond donors (Lipinski definition) is 2. The van der Waals surface area contributed by atoms with Crippen LogP contribution in [0.5, 0.6) is 11.5 Å². The molecular formula is C27H24N4O3. The SMILES string of the molecule is COc1ccc(/C(N)=C2/C(=Nc3ccccc3)OC(N)=C(C#N)C2c2ccc(OC)cc2)cc1. The summed E-state index contributed by atoms with van der Waals surface area (Å²) in [5.41, 5.74) is 16.4. The van der Waals surface area contributed by atoms with E-state index < -0.39 is 5.92 Å². The third-order valence-electron chi connectivity index (χ3n) is 5.53. The lowest BCUT2D eigenvalue weighted by Gasteiger charge is -2.29. The summed E-state index contributed by atoms with van der Waals surface area (Å²) in [6, 6.07) is 26.3. The summed E-state index contributed by atoms with van der Waals surface area (Å²) in [7, 11) is 3.20. The van der Waals surface area contributed by atoms with Gasteiger partial charge in [-0.2, -0.15) is 5.26 Å². The topological polar surface area (TPSA) is 116 Å². The van der Waals surface area contributed by atoms with Gasteiger partial charge in [-0.05, 0) is 59.7 Å². The fourth-order valence-electron chi connectivity index (χ4n) is 3.77. The van der Waals surface area contributed by atoms with Crippen LogP contribution in [0.3, 0.4) is 0 Å². The molecule has 34 heavy (non-hydrogen) atoms. The van der Waals surface area contributed by atoms with Crippen molar-refractivity contribution in [2.24, 2.45) is 16.5 Å². The molecule has 4 rings (SSSR count). The normalized spacial score (nSPS) is 18.1. The van der Waals surface area contributed by atoms with Gasteiger partial charge in [0.25, 0.3) is 0 Å². The first kappa shape index (κ1) is 22.5. The van der Waals surface area contributed by atoms with E-state index in [4.69, 9.17) is 30.7 Å². The molecule has 0 aromatic heterocycles. The molecule has 4 N–H and O–H groups in total. The number of methoxy groups -OCH3 is 2. The van der Waals surface area contributed by atoms with Crippen molar-refractivity contribution in [2.45, 2.75) is 5.92 Å². The van der Waals surface area contributed by atoms with Gasteiger partial charge in [-0.1, -0.05) is 30.3 Å². The molecule has 0 saturated carbocycles. The fraction of sp³-hybridized carbons (Fsp3) is 0.111. The summed E-state index contributed by atoms with van der Waals surface area (Å²) in [6.07, 6.45) is 0. The molecule has 0 spiro atoms. The molecule has 1 atom stereocenters. The van der Waals surface area contributed by atoms with E-state index >= 15 is 0 Å². The standard InChI is InChI=1S/C27H24N4O3/c1-32-20-12-8-17(9-13-20)23-22(16-28)26(30)34-27(31-19-6-4-3-5-7-19)24(23)25(29)18-10-14-21(33-2)15-11-18/h3-15,23H,29-30H2,1-2H3/b25-24-,31-27?. The second-order valence-corrected chi connectivity index (χ2v) is 7.51. The number of rotatable bonds is 5. The van der Waals surface area contributed by atoms with Crippen molar-refractivity contribution in [2.75, 3.05) is 14.2 Å². The highest BCUT2D eigenvalue weighted by Crippen LogP contribution is 2.41. The van der Waals surface area contributed by atoms with E-state index in [-0.39, 0.29) is 17.4 Å². The quantitative estimate of drug-likeness (QED) is 0.584. The van der Waals surface area contributed by atoms with Gasteiger partial charge in [-0.15, -0.1) is 0 Å². The molecule has 1 unspecified atom stereocenters. The van der Waals surface area contributed by atoms with Crippen LogP contribution in [0, 0.1) is 11.3 Å². The molecule has 0 fully saturated rings. The summed E-state index contributed by atoms with van der Waals surface area (Å²) < 4.78 is 16.5. The highest BCUT2D eigenvalue weighted by atomic mass is 16.5. The molecule has 3 aromatic rings. The number of aliphatic imine (C=N–C) groups is 1. The predicted octanol–water partition coefficient (Wildman–Crippen LogP) is 4.61. The third-order valence-corrected chi connectivity index (χ3v) is 5.53. The van der Waals surface area contributed by atoms with Crippen LogP contribution < -0.4 is 20.9 Å². The Morgan fingerprint density at radius 1 is 0.912 bits per heavy atom.